The van der Waals surface area contributed by atoms with Crippen LogP contribution in [0.5, 0.6) is 0 Å². The molecule has 0 N–H and O–H groups in total. The quantitative estimate of drug-likeness (QED) is 0.364. The van der Waals surface area contributed by atoms with E-state index < -0.39 is 0 Å². The van der Waals surface area contributed by atoms with Gasteiger partial charge in [0.05, 0.1) is 0 Å². The predicted octanol–water partition coefficient (Wildman–Crippen LogP) is -12.0. The van der Waals surface area contributed by atoms with Crippen molar-refractivity contribution in [2.75, 3.05) is 0 Å². The van der Waals surface area contributed by atoms with Crippen LogP contribution in [0.25, 0.3) is 0 Å². The first-order valence-corrected chi connectivity index (χ1v) is 0. The van der Waals surface area contributed by atoms with E-state index in [0.29, 0.717) is 0 Å². The largest absolute Gasteiger partial charge is 2.00 e. The van der Waals surface area contributed by atoms with Crippen LogP contribution >= 0.6 is 0 Å². The third-order valence-electron chi connectivity index (χ3n) is 0. The third kappa shape index (κ3) is 20.9. The van der Waals surface area contributed by atoms with Crippen LogP contribution in [0.4, 0.5) is 0 Å². The van der Waals surface area contributed by atoms with Crippen LogP contribution in [0, 0.1) is 0 Å². The van der Waals surface area contributed by atoms with Gasteiger partial charge in [-0.3, -0.25) is 0 Å². The second-order valence-corrected chi connectivity index (χ2v) is 0. The van der Waals surface area contributed by atoms with E-state index in [1.54, 1.807) is 0 Å². The molecule has 32 valence electrons. The molecule has 0 rings (SSSR count). The van der Waals surface area contributed by atoms with Crippen molar-refractivity contribution in [2.45, 2.75) is 0 Å². The van der Waals surface area contributed by atoms with Crippen LogP contribution in [0.2, 0.25) is 0 Å². The minimum atomic E-state index is 0. The Hall–Kier alpha value is 2.54. The van der Waals surface area contributed by atoms with Crippen LogP contribution in [-0.4, -0.2) is 0 Å². The monoisotopic (exact) mass is 380 g/mol. The van der Waals surface area contributed by atoms with Crippen molar-refractivity contribution >= 4 is 0 Å². The summed E-state index contributed by atoms with van der Waals surface area (Å²) in [4.78, 5) is 0. The molecule has 0 unspecified atom stereocenters. The van der Waals surface area contributed by atoms with Gasteiger partial charge < -0.3 is 67.9 Å². The molecule has 0 aromatic carbocycles. The molecule has 0 saturated heterocycles. The average molecular weight is 385 g/mol. The van der Waals surface area contributed by atoms with Gasteiger partial charge in [0.15, 0.2) is 0 Å². The molecule has 0 aromatic rings. The molecular formula is Br4Zn-2. The molecule has 5 heteroatoms. The summed E-state index contributed by atoms with van der Waals surface area (Å²) in [6.07, 6.45) is 0. The Morgan fingerprint density at radius 3 is 0.400 bits per heavy atom. The summed E-state index contributed by atoms with van der Waals surface area (Å²) in [5.74, 6) is 0. The van der Waals surface area contributed by atoms with E-state index >= 15 is 0 Å². The summed E-state index contributed by atoms with van der Waals surface area (Å²) in [6.45, 7) is 0. The minimum Gasteiger partial charge on any atom is -1.00 e. The molecule has 0 heterocycles. The first-order valence-electron chi connectivity index (χ1n) is 0. The van der Waals surface area contributed by atoms with Gasteiger partial charge in [0.2, 0.25) is 0 Å². The molecule has 0 saturated carbocycles. The van der Waals surface area contributed by atoms with Crippen molar-refractivity contribution in [3.63, 3.8) is 0 Å². The van der Waals surface area contributed by atoms with Crippen LogP contribution in [0.15, 0.2) is 0 Å². The Kier molecular flexibility index (Phi) is 310. The second-order valence-electron chi connectivity index (χ2n) is 0. The first kappa shape index (κ1) is 49.9. The van der Waals surface area contributed by atoms with E-state index in [0.717, 1.165) is 0 Å². The zero-order chi connectivity index (χ0) is 0. The van der Waals surface area contributed by atoms with Crippen LogP contribution in [0.1, 0.15) is 0 Å². The third-order valence-corrected chi connectivity index (χ3v) is 0. The molecule has 0 aliphatic carbocycles. The van der Waals surface area contributed by atoms with E-state index in [-0.39, 0.29) is 87.4 Å². The van der Waals surface area contributed by atoms with Crippen LogP contribution < -0.4 is 67.9 Å². The van der Waals surface area contributed by atoms with Gasteiger partial charge in [-0.1, -0.05) is 0 Å². The maximum absolute atomic E-state index is 0. The zero-order valence-electron chi connectivity index (χ0n) is 2.22. The molecular weight excluding hydrogens is 385 g/mol. The van der Waals surface area contributed by atoms with Crippen molar-refractivity contribution < 1.29 is 87.4 Å². The van der Waals surface area contributed by atoms with Crippen LogP contribution in [-0.2, 0) is 19.5 Å². The fourth-order valence-electron chi connectivity index (χ4n) is 0. The fourth-order valence-corrected chi connectivity index (χ4v) is 0. The molecule has 0 spiro atoms. The molecule has 5 heavy (non-hydrogen) atoms. The van der Waals surface area contributed by atoms with E-state index in [9.17, 15) is 0 Å². The van der Waals surface area contributed by atoms with Gasteiger partial charge >= 0.3 is 19.5 Å². The smallest absolute Gasteiger partial charge is 1.00 e. The van der Waals surface area contributed by atoms with Crippen molar-refractivity contribution in [1.29, 1.82) is 0 Å². The summed E-state index contributed by atoms with van der Waals surface area (Å²) < 4.78 is 0. The molecule has 0 fully saturated rings. The molecule has 0 nitrogen and oxygen atoms in total. The molecule has 0 aliphatic rings. The van der Waals surface area contributed by atoms with Gasteiger partial charge in [0.1, 0.15) is 0 Å². The maximum atomic E-state index is 0. The SMILES string of the molecule is [Br-].[Br-].[Br-].[Br-].[Zn+2]. The number of hydrogen-bond donors (Lipinski definition) is 0. The Morgan fingerprint density at radius 1 is 0.400 bits per heavy atom. The van der Waals surface area contributed by atoms with E-state index in [2.05, 4.69) is 0 Å². The Balaban J connectivity index is 0. The molecule has 0 aromatic heterocycles. The molecule has 0 bridgehead atoms. The normalized spacial score (nSPS) is 0. The summed E-state index contributed by atoms with van der Waals surface area (Å²) >= 11 is 0. The van der Waals surface area contributed by atoms with Crippen LogP contribution in [0.3, 0.4) is 0 Å². The molecule has 0 amide bonds. The summed E-state index contributed by atoms with van der Waals surface area (Å²) in [5, 5.41) is 0. The Labute approximate surface area is 86.3 Å². The zero-order valence-corrected chi connectivity index (χ0v) is 11.5. The minimum absolute atomic E-state index is 0. The van der Waals surface area contributed by atoms with Crippen molar-refractivity contribution in [3.8, 4) is 0 Å². The Morgan fingerprint density at radius 2 is 0.400 bits per heavy atom. The number of rotatable bonds is 0. The number of halogens is 4. The fraction of sp³-hybridized carbons (Fsp3) is 0. The topological polar surface area (TPSA) is 0 Å². The van der Waals surface area contributed by atoms with Gasteiger partial charge in [-0.05, 0) is 0 Å². The van der Waals surface area contributed by atoms with Gasteiger partial charge in [-0.25, -0.2) is 0 Å². The van der Waals surface area contributed by atoms with Gasteiger partial charge in [0, 0.05) is 0 Å². The van der Waals surface area contributed by atoms with E-state index in [1.165, 1.54) is 0 Å². The first-order chi connectivity index (χ1) is 0. The molecule has 0 aliphatic heterocycles. The van der Waals surface area contributed by atoms with Gasteiger partial charge in [-0.15, -0.1) is 0 Å². The summed E-state index contributed by atoms with van der Waals surface area (Å²) in [5.41, 5.74) is 0. The van der Waals surface area contributed by atoms with Crippen molar-refractivity contribution in [1.82, 2.24) is 0 Å². The van der Waals surface area contributed by atoms with Crippen molar-refractivity contribution in [3.05, 3.63) is 0 Å². The van der Waals surface area contributed by atoms with E-state index in [1.807, 2.05) is 0 Å². The maximum Gasteiger partial charge on any atom is 2.00 e. The van der Waals surface area contributed by atoms with Gasteiger partial charge in [0.25, 0.3) is 0 Å². The summed E-state index contributed by atoms with van der Waals surface area (Å²) in [7, 11) is 0. The summed E-state index contributed by atoms with van der Waals surface area (Å²) in [6, 6.07) is 0. The molecule has 0 atom stereocenters. The standard InChI is InChI=1S/4BrH.Zn/h4*1H;/q;;;;+2/p-4. The number of hydrogen-bond acceptors (Lipinski definition) is 0. The average Bonchev–Trinajstić information content (AvgIpc) is 0. The van der Waals surface area contributed by atoms with E-state index in [4.69, 9.17) is 0 Å². The van der Waals surface area contributed by atoms with Gasteiger partial charge in [-0.2, -0.15) is 0 Å². The van der Waals surface area contributed by atoms with Crippen molar-refractivity contribution in [2.24, 2.45) is 0 Å². The predicted molar refractivity (Wildman–Crippen MR) is 0 cm³/mol. The Bertz CT molecular complexity index is 3.61. The second kappa shape index (κ2) is 31.1. The molecule has 0 radical (unpaired) electrons.